The SMILES string of the molecule is COc1ccc2c(=O)n(-c3ccccc3)[se]c2c1OC. The fourth-order valence-corrected chi connectivity index (χ4v) is 4.47. The van der Waals surface area contributed by atoms with Crippen molar-refractivity contribution >= 4 is 24.4 Å². The van der Waals surface area contributed by atoms with E-state index in [0.717, 1.165) is 9.95 Å². The number of hydrogen-bond donors (Lipinski definition) is 0. The van der Waals surface area contributed by atoms with Crippen molar-refractivity contribution in [3.05, 3.63) is 52.8 Å². The van der Waals surface area contributed by atoms with Crippen LogP contribution in [0.5, 0.6) is 11.5 Å². The summed E-state index contributed by atoms with van der Waals surface area (Å²) < 4.78 is 13.5. The zero-order chi connectivity index (χ0) is 14.1. The zero-order valence-electron chi connectivity index (χ0n) is 11.1. The summed E-state index contributed by atoms with van der Waals surface area (Å²) in [6.07, 6.45) is 0. The van der Waals surface area contributed by atoms with E-state index in [-0.39, 0.29) is 20.3 Å². The predicted molar refractivity (Wildman–Crippen MR) is 79.6 cm³/mol. The standard InChI is InChI=1S/C15H13NO3Se/c1-18-12-9-8-11-14(13(12)19-2)20-16(15(11)17)10-6-4-3-5-7-10/h3-9H,1-2H3. The molecular formula is C15H13NO3Se. The molecule has 3 rings (SSSR count). The normalized spacial score (nSPS) is 10.7. The van der Waals surface area contributed by atoms with Crippen molar-refractivity contribution in [2.24, 2.45) is 0 Å². The minimum absolute atomic E-state index is 0.0205. The molecule has 3 aromatic rings. The van der Waals surface area contributed by atoms with Crippen LogP contribution in [0.4, 0.5) is 0 Å². The van der Waals surface area contributed by atoms with Crippen LogP contribution in [0.15, 0.2) is 47.3 Å². The number of para-hydroxylation sites is 1. The predicted octanol–water partition coefficient (Wildman–Crippen LogP) is 2.06. The Kier molecular flexibility index (Phi) is 3.38. The van der Waals surface area contributed by atoms with E-state index >= 15 is 0 Å². The first-order chi connectivity index (χ1) is 9.76. The van der Waals surface area contributed by atoms with Gasteiger partial charge in [-0.2, -0.15) is 0 Å². The molecule has 5 heteroatoms. The topological polar surface area (TPSA) is 40.5 Å². The summed E-state index contributed by atoms with van der Waals surface area (Å²) in [5.41, 5.74) is 0.932. The Morgan fingerprint density at radius 3 is 2.40 bits per heavy atom. The van der Waals surface area contributed by atoms with Crippen LogP contribution in [0.3, 0.4) is 0 Å². The van der Waals surface area contributed by atoms with Gasteiger partial charge in [-0.05, 0) is 0 Å². The van der Waals surface area contributed by atoms with Crippen molar-refractivity contribution in [3.8, 4) is 17.2 Å². The van der Waals surface area contributed by atoms with Gasteiger partial charge in [0.1, 0.15) is 0 Å². The first kappa shape index (κ1) is 13.0. The molecule has 2 aromatic carbocycles. The Labute approximate surface area is 122 Å². The van der Waals surface area contributed by atoms with Gasteiger partial charge in [0.2, 0.25) is 0 Å². The van der Waals surface area contributed by atoms with Gasteiger partial charge >= 0.3 is 122 Å². The fraction of sp³-hybridized carbons (Fsp3) is 0.133. The van der Waals surface area contributed by atoms with Crippen LogP contribution < -0.4 is 15.0 Å². The first-order valence-corrected chi connectivity index (χ1v) is 7.71. The average Bonchev–Trinajstić information content (AvgIpc) is 2.84. The summed E-state index contributed by atoms with van der Waals surface area (Å²) in [7, 11) is 3.20. The van der Waals surface area contributed by atoms with Crippen molar-refractivity contribution in [3.63, 3.8) is 0 Å². The Bertz CT molecular complexity index is 805. The first-order valence-electron chi connectivity index (χ1n) is 6.08. The van der Waals surface area contributed by atoms with Gasteiger partial charge in [0.05, 0.1) is 0 Å². The Hall–Kier alpha value is -1.97. The number of fused-ring (bicyclic) bond motifs is 1. The quantitative estimate of drug-likeness (QED) is 0.689. The van der Waals surface area contributed by atoms with Crippen molar-refractivity contribution in [2.45, 2.75) is 0 Å². The third kappa shape index (κ3) is 1.96. The van der Waals surface area contributed by atoms with Crippen molar-refractivity contribution in [2.75, 3.05) is 14.2 Å². The molecule has 102 valence electrons. The second-order valence-corrected chi connectivity index (χ2v) is 6.21. The summed E-state index contributed by atoms with van der Waals surface area (Å²) in [6, 6.07) is 13.3. The number of benzene rings is 2. The molecule has 0 atom stereocenters. The van der Waals surface area contributed by atoms with Gasteiger partial charge in [0, 0.05) is 0 Å². The molecule has 1 heterocycles. The molecule has 0 radical (unpaired) electrons. The van der Waals surface area contributed by atoms with E-state index in [0.29, 0.717) is 16.9 Å². The van der Waals surface area contributed by atoms with E-state index in [2.05, 4.69) is 0 Å². The maximum atomic E-state index is 12.5. The number of ether oxygens (including phenoxy) is 2. The molecule has 0 fully saturated rings. The number of nitrogens with zero attached hydrogens (tertiary/aromatic N) is 1. The summed E-state index contributed by atoms with van der Waals surface area (Å²) in [4.78, 5) is 12.5. The van der Waals surface area contributed by atoms with Gasteiger partial charge in [0.15, 0.2) is 0 Å². The summed E-state index contributed by atoms with van der Waals surface area (Å²) in [5, 5.41) is 0.700. The van der Waals surface area contributed by atoms with E-state index in [4.69, 9.17) is 9.47 Å². The molecule has 0 unspecified atom stereocenters. The molecule has 0 aliphatic carbocycles. The van der Waals surface area contributed by atoms with E-state index in [1.54, 1.807) is 23.8 Å². The molecule has 0 spiro atoms. The van der Waals surface area contributed by atoms with Gasteiger partial charge in [-0.15, -0.1) is 0 Å². The van der Waals surface area contributed by atoms with E-state index in [1.165, 1.54) is 0 Å². The van der Waals surface area contributed by atoms with Crippen LogP contribution in [0.25, 0.3) is 15.3 Å². The van der Waals surface area contributed by atoms with Crippen molar-refractivity contribution in [1.82, 2.24) is 3.56 Å². The molecule has 0 saturated heterocycles. The molecule has 4 nitrogen and oxygen atoms in total. The van der Waals surface area contributed by atoms with Gasteiger partial charge in [-0.3, -0.25) is 0 Å². The van der Waals surface area contributed by atoms with Gasteiger partial charge in [-0.25, -0.2) is 0 Å². The van der Waals surface area contributed by atoms with Gasteiger partial charge in [-0.1, -0.05) is 0 Å². The number of methoxy groups -OCH3 is 2. The number of aromatic nitrogens is 1. The van der Waals surface area contributed by atoms with Gasteiger partial charge in [0.25, 0.3) is 0 Å². The van der Waals surface area contributed by atoms with Crippen LogP contribution in [-0.2, 0) is 0 Å². The van der Waals surface area contributed by atoms with Crippen LogP contribution in [0.2, 0.25) is 0 Å². The number of hydrogen-bond acceptors (Lipinski definition) is 3. The van der Waals surface area contributed by atoms with Gasteiger partial charge < -0.3 is 0 Å². The third-order valence-corrected chi connectivity index (χ3v) is 5.49. The second-order valence-electron chi connectivity index (χ2n) is 4.20. The molecular weight excluding hydrogens is 321 g/mol. The molecule has 0 amide bonds. The van der Waals surface area contributed by atoms with Crippen molar-refractivity contribution < 1.29 is 9.47 Å². The summed E-state index contributed by atoms with van der Waals surface area (Å²) in [6.45, 7) is 0. The molecule has 0 saturated carbocycles. The molecule has 1 aromatic heterocycles. The fourth-order valence-electron chi connectivity index (χ4n) is 2.13. The molecule has 20 heavy (non-hydrogen) atoms. The van der Waals surface area contributed by atoms with Crippen LogP contribution >= 0.6 is 0 Å². The monoisotopic (exact) mass is 335 g/mol. The number of rotatable bonds is 3. The van der Waals surface area contributed by atoms with Crippen LogP contribution in [0.1, 0.15) is 0 Å². The van der Waals surface area contributed by atoms with Crippen molar-refractivity contribution in [1.29, 1.82) is 0 Å². The minimum atomic E-state index is -0.145. The molecule has 0 N–H and O–H groups in total. The van der Waals surface area contributed by atoms with E-state index in [1.807, 2.05) is 36.4 Å². The maximum absolute atomic E-state index is 12.5. The second kappa shape index (κ2) is 5.19. The molecule has 0 aliphatic rings. The van der Waals surface area contributed by atoms with Crippen LogP contribution in [0, 0.1) is 0 Å². The van der Waals surface area contributed by atoms with E-state index in [9.17, 15) is 4.79 Å². The summed E-state index contributed by atoms with van der Waals surface area (Å²) in [5.74, 6) is 1.33. The average molecular weight is 334 g/mol. The summed E-state index contributed by atoms with van der Waals surface area (Å²) >= 11 is -0.145. The Morgan fingerprint density at radius 1 is 1.00 bits per heavy atom. The Morgan fingerprint density at radius 2 is 1.75 bits per heavy atom. The molecule has 0 aliphatic heterocycles. The third-order valence-electron chi connectivity index (χ3n) is 3.09. The molecule has 0 bridgehead atoms. The zero-order valence-corrected chi connectivity index (χ0v) is 12.8. The van der Waals surface area contributed by atoms with E-state index < -0.39 is 0 Å². The van der Waals surface area contributed by atoms with Crippen LogP contribution in [-0.4, -0.2) is 32.5 Å². The Balaban J connectivity index is 2.33.